The second kappa shape index (κ2) is 9.06. The summed E-state index contributed by atoms with van der Waals surface area (Å²) in [5, 5.41) is 0. The van der Waals surface area contributed by atoms with Gasteiger partial charge in [0.15, 0.2) is 0 Å². The summed E-state index contributed by atoms with van der Waals surface area (Å²) in [5.41, 5.74) is 1.15. The van der Waals surface area contributed by atoms with Crippen LogP contribution in [0.1, 0.15) is 41.0 Å². The van der Waals surface area contributed by atoms with Crippen molar-refractivity contribution in [3.05, 3.63) is 11.6 Å². The molecule has 0 aliphatic carbocycles. The molecule has 106 valence electrons. The van der Waals surface area contributed by atoms with Crippen molar-refractivity contribution >= 4 is 26.6 Å². The van der Waals surface area contributed by atoms with E-state index in [1.165, 1.54) is 6.92 Å². The first-order chi connectivity index (χ1) is 8.34. The third-order valence-corrected chi connectivity index (χ3v) is 9.34. The number of Topliss-reactive ketones (excluding diaryl/α,β-unsaturated/α-hetero) is 1. The van der Waals surface area contributed by atoms with Gasteiger partial charge >= 0.3 is 116 Å². The van der Waals surface area contributed by atoms with E-state index < -0.39 is 20.8 Å². The number of allylic oxidation sites excluding steroid dienone is 2. The van der Waals surface area contributed by atoms with Crippen LogP contribution in [0.5, 0.6) is 0 Å². The molecule has 0 aromatic carbocycles. The minimum absolute atomic E-state index is 0.0483. The number of hydrogen-bond donors (Lipinski definition) is 0. The molecule has 0 aliphatic rings. The van der Waals surface area contributed by atoms with Crippen LogP contribution in [0.25, 0.3) is 0 Å². The maximum absolute atomic E-state index is 12.4. The molecule has 0 saturated carbocycles. The topological polar surface area (TPSA) is 52.6 Å². The van der Waals surface area contributed by atoms with E-state index in [4.69, 9.17) is 9.05 Å². The Morgan fingerprint density at radius 3 is 2.06 bits per heavy atom. The Balaban J connectivity index is 4.76. The van der Waals surface area contributed by atoms with E-state index in [0.717, 1.165) is 5.57 Å². The van der Waals surface area contributed by atoms with Crippen molar-refractivity contribution in [2.45, 2.75) is 45.9 Å². The zero-order chi connectivity index (χ0) is 14.2. The Kier molecular flexibility index (Phi) is 9.10. The van der Waals surface area contributed by atoms with E-state index in [2.05, 4.69) is 0 Å². The molecular formula is C12H23O4PSe. The van der Waals surface area contributed by atoms with Crippen LogP contribution in [-0.2, 0) is 18.4 Å². The first kappa shape index (κ1) is 18.1. The van der Waals surface area contributed by atoms with Crippen LogP contribution in [-0.4, -0.2) is 33.5 Å². The third-order valence-electron chi connectivity index (χ3n) is 2.02. The Labute approximate surface area is 116 Å². The summed E-state index contributed by atoms with van der Waals surface area (Å²) in [7, 11) is 0. The van der Waals surface area contributed by atoms with Gasteiger partial charge in [0.2, 0.25) is 0 Å². The molecule has 1 unspecified atom stereocenters. The predicted molar refractivity (Wildman–Crippen MR) is 75.1 cm³/mol. The van der Waals surface area contributed by atoms with Crippen LogP contribution in [0.3, 0.4) is 0 Å². The van der Waals surface area contributed by atoms with Gasteiger partial charge in [0, 0.05) is 0 Å². The molecule has 0 rings (SSSR count). The maximum atomic E-state index is 12.4. The van der Waals surface area contributed by atoms with Gasteiger partial charge in [-0.05, 0) is 0 Å². The predicted octanol–water partition coefficient (Wildman–Crippen LogP) is 3.61. The van der Waals surface area contributed by atoms with Crippen LogP contribution in [0.4, 0.5) is 0 Å². The summed E-state index contributed by atoms with van der Waals surface area (Å²) in [6, 6.07) is 0. The second-order valence-corrected chi connectivity index (χ2v) is 11.0. The van der Waals surface area contributed by atoms with Crippen LogP contribution in [0.15, 0.2) is 11.6 Å². The van der Waals surface area contributed by atoms with E-state index in [-0.39, 0.29) is 10.6 Å². The van der Waals surface area contributed by atoms with E-state index in [1.807, 2.05) is 19.9 Å². The van der Waals surface area contributed by atoms with Crippen molar-refractivity contribution in [2.75, 3.05) is 13.2 Å². The number of carbonyl (C=O) groups excluding carboxylic acids is 1. The molecule has 0 radical (unpaired) electrons. The molecule has 0 amide bonds. The van der Waals surface area contributed by atoms with Gasteiger partial charge in [0.25, 0.3) is 0 Å². The Morgan fingerprint density at radius 1 is 1.22 bits per heavy atom. The summed E-state index contributed by atoms with van der Waals surface area (Å²) in [4.78, 5) is 11.4. The van der Waals surface area contributed by atoms with Crippen molar-refractivity contribution < 1.29 is 18.4 Å². The fourth-order valence-corrected chi connectivity index (χ4v) is 8.30. The van der Waals surface area contributed by atoms with Crippen molar-refractivity contribution in [1.82, 2.24) is 0 Å². The average Bonchev–Trinajstić information content (AvgIpc) is 2.24. The van der Waals surface area contributed by atoms with Crippen molar-refractivity contribution in [3.8, 4) is 0 Å². The Morgan fingerprint density at radius 2 is 1.72 bits per heavy atom. The van der Waals surface area contributed by atoms with Gasteiger partial charge in [-0.1, -0.05) is 0 Å². The monoisotopic (exact) mass is 342 g/mol. The van der Waals surface area contributed by atoms with Crippen LogP contribution < -0.4 is 0 Å². The molecule has 0 saturated heterocycles. The standard InChI is InChI=1S/C12H23O4PSe/c1-6-15-17(14,16-7-2)18-12(11(5)13)9-8-10(3)4/h8,12H,6-7,9H2,1-5H3. The molecule has 0 heterocycles. The Hall–Kier alpha value is 0.0795. The number of hydrogen-bond acceptors (Lipinski definition) is 4. The van der Waals surface area contributed by atoms with Crippen LogP contribution >= 0.6 is 6.29 Å². The molecular weight excluding hydrogens is 318 g/mol. The number of rotatable bonds is 9. The minimum atomic E-state index is -3.08. The van der Waals surface area contributed by atoms with Gasteiger partial charge in [0.05, 0.1) is 0 Å². The molecule has 0 aliphatic heterocycles. The molecule has 0 fully saturated rings. The third kappa shape index (κ3) is 7.50. The van der Waals surface area contributed by atoms with Crippen molar-refractivity contribution in [1.29, 1.82) is 0 Å². The zero-order valence-corrected chi connectivity index (χ0v) is 14.4. The fourth-order valence-electron chi connectivity index (χ4n) is 1.20. The molecule has 6 heteroatoms. The van der Waals surface area contributed by atoms with Gasteiger partial charge in [-0.25, -0.2) is 0 Å². The average molecular weight is 341 g/mol. The summed E-state index contributed by atoms with van der Waals surface area (Å²) in [6.45, 7) is 9.73. The summed E-state index contributed by atoms with van der Waals surface area (Å²) in [6.07, 6.45) is -0.468. The van der Waals surface area contributed by atoms with Gasteiger partial charge in [-0.2, -0.15) is 0 Å². The SMILES string of the molecule is CCOP(=O)(OCC)[Se]C(CC=C(C)C)C(C)=O. The molecule has 0 aromatic rings. The quantitative estimate of drug-likeness (QED) is 0.365. The molecule has 0 aromatic heterocycles. The Bertz CT molecular complexity index is 327. The van der Waals surface area contributed by atoms with E-state index in [1.54, 1.807) is 13.8 Å². The van der Waals surface area contributed by atoms with Gasteiger partial charge < -0.3 is 0 Å². The number of ketones is 1. The fraction of sp³-hybridized carbons (Fsp3) is 0.750. The van der Waals surface area contributed by atoms with Gasteiger partial charge in [-0.15, -0.1) is 0 Å². The van der Waals surface area contributed by atoms with E-state index in [9.17, 15) is 9.36 Å². The summed E-state index contributed by atoms with van der Waals surface area (Å²) in [5.74, 6) is 0.0483. The molecule has 0 N–H and O–H groups in total. The normalized spacial score (nSPS) is 13.2. The van der Waals surface area contributed by atoms with Gasteiger partial charge in [-0.3, -0.25) is 0 Å². The molecule has 1 atom stereocenters. The summed E-state index contributed by atoms with van der Waals surface area (Å²) < 4.78 is 22.9. The first-order valence-electron chi connectivity index (χ1n) is 6.06. The van der Waals surface area contributed by atoms with Crippen molar-refractivity contribution in [2.24, 2.45) is 0 Å². The van der Waals surface area contributed by atoms with Crippen molar-refractivity contribution in [3.63, 3.8) is 0 Å². The van der Waals surface area contributed by atoms with E-state index >= 15 is 0 Å². The van der Waals surface area contributed by atoms with Crippen LogP contribution in [0.2, 0.25) is 4.82 Å². The second-order valence-electron chi connectivity index (χ2n) is 4.00. The summed E-state index contributed by atoms with van der Waals surface area (Å²) >= 11 is -0.475. The molecule has 4 nitrogen and oxygen atoms in total. The molecule has 18 heavy (non-hydrogen) atoms. The number of carbonyl (C=O) groups is 1. The zero-order valence-electron chi connectivity index (χ0n) is 11.8. The molecule has 0 bridgehead atoms. The van der Waals surface area contributed by atoms with E-state index in [0.29, 0.717) is 19.6 Å². The van der Waals surface area contributed by atoms with Gasteiger partial charge in [0.1, 0.15) is 0 Å². The van der Waals surface area contributed by atoms with Crippen LogP contribution in [0, 0.1) is 0 Å². The molecule has 0 spiro atoms. The first-order valence-corrected chi connectivity index (χ1v) is 10.8.